The van der Waals surface area contributed by atoms with Crippen LogP contribution in [0.5, 0.6) is 0 Å². The van der Waals surface area contributed by atoms with Gasteiger partial charge < -0.3 is 10.5 Å². The molecule has 1 fully saturated rings. The van der Waals surface area contributed by atoms with Crippen LogP contribution in [0, 0.1) is 0 Å². The lowest BCUT2D eigenvalue weighted by Crippen LogP contribution is -2.49. The van der Waals surface area contributed by atoms with Crippen molar-refractivity contribution in [2.45, 2.75) is 32.0 Å². The number of rotatable bonds is 3. The molecule has 1 saturated heterocycles. The quantitative estimate of drug-likeness (QED) is 0.940. The zero-order chi connectivity index (χ0) is 14.8. The highest BCUT2D eigenvalue weighted by molar-refractivity contribution is 5.85. The molecule has 0 radical (unpaired) electrons. The lowest BCUT2D eigenvalue weighted by molar-refractivity contribution is -0.0500. The summed E-state index contributed by atoms with van der Waals surface area (Å²) >= 11 is 0. The topological polar surface area (TPSA) is 51.4 Å². The highest BCUT2D eigenvalue weighted by atomic mass is 16.5. The van der Waals surface area contributed by atoms with Gasteiger partial charge in [0.1, 0.15) is 0 Å². The first-order chi connectivity index (χ1) is 10.2. The fourth-order valence-corrected chi connectivity index (χ4v) is 3.01. The molecule has 2 atom stereocenters. The summed E-state index contributed by atoms with van der Waals surface area (Å²) in [4.78, 5) is 6.67. The average Bonchev–Trinajstić information content (AvgIpc) is 2.53. The van der Waals surface area contributed by atoms with E-state index in [0.717, 1.165) is 30.6 Å². The van der Waals surface area contributed by atoms with Crippen molar-refractivity contribution in [3.8, 4) is 0 Å². The Hall–Kier alpha value is -1.49. The van der Waals surface area contributed by atoms with Crippen LogP contribution in [0.4, 0.5) is 0 Å². The molecular formula is C17H23N3O. The van der Waals surface area contributed by atoms with Crippen LogP contribution >= 0.6 is 0 Å². The first kappa shape index (κ1) is 14.4. The third kappa shape index (κ3) is 2.93. The predicted octanol–water partition coefficient (Wildman–Crippen LogP) is 2.34. The standard InChI is InChI=1S/C17H23N3O/c1-12(2)20-8-9-21-16(11-20)17(18)14-5-3-4-13-6-7-19-10-15(13)14/h3-7,10,12,16-17H,8-9,11,18H2,1-2H3. The van der Waals surface area contributed by atoms with E-state index in [1.165, 1.54) is 5.39 Å². The third-order valence-electron chi connectivity index (χ3n) is 4.33. The smallest absolute Gasteiger partial charge is 0.0895 e. The predicted molar refractivity (Wildman–Crippen MR) is 85.1 cm³/mol. The van der Waals surface area contributed by atoms with Gasteiger partial charge in [0.2, 0.25) is 0 Å². The van der Waals surface area contributed by atoms with Gasteiger partial charge in [-0.05, 0) is 30.9 Å². The Morgan fingerprint density at radius 2 is 2.19 bits per heavy atom. The Labute approximate surface area is 125 Å². The summed E-state index contributed by atoms with van der Waals surface area (Å²) in [7, 11) is 0. The second-order valence-corrected chi connectivity index (χ2v) is 5.97. The van der Waals surface area contributed by atoms with Crippen LogP contribution < -0.4 is 5.73 Å². The van der Waals surface area contributed by atoms with Gasteiger partial charge >= 0.3 is 0 Å². The lowest BCUT2D eigenvalue weighted by atomic mass is 9.96. The number of fused-ring (bicyclic) bond motifs is 1. The summed E-state index contributed by atoms with van der Waals surface area (Å²) in [6.07, 6.45) is 3.75. The molecule has 1 aromatic carbocycles. The molecule has 0 bridgehead atoms. The fraction of sp³-hybridized carbons (Fsp3) is 0.471. The Kier molecular flexibility index (Phi) is 4.19. The van der Waals surface area contributed by atoms with E-state index >= 15 is 0 Å². The molecule has 0 amide bonds. The van der Waals surface area contributed by atoms with E-state index in [4.69, 9.17) is 10.5 Å². The van der Waals surface area contributed by atoms with Crippen molar-refractivity contribution in [2.24, 2.45) is 5.73 Å². The largest absolute Gasteiger partial charge is 0.374 e. The van der Waals surface area contributed by atoms with Crippen molar-refractivity contribution in [1.29, 1.82) is 0 Å². The molecule has 112 valence electrons. The van der Waals surface area contributed by atoms with Crippen molar-refractivity contribution < 1.29 is 4.74 Å². The summed E-state index contributed by atoms with van der Waals surface area (Å²) in [5.41, 5.74) is 7.64. The maximum absolute atomic E-state index is 6.52. The van der Waals surface area contributed by atoms with Gasteiger partial charge in [0.25, 0.3) is 0 Å². The van der Waals surface area contributed by atoms with E-state index in [1.54, 1.807) is 0 Å². The highest BCUT2D eigenvalue weighted by Crippen LogP contribution is 2.27. The van der Waals surface area contributed by atoms with Gasteiger partial charge in [-0.15, -0.1) is 0 Å². The summed E-state index contributed by atoms with van der Waals surface area (Å²) in [5.74, 6) is 0. The molecule has 4 heteroatoms. The Balaban J connectivity index is 1.88. The first-order valence-corrected chi connectivity index (χ1v) is 7.60. The Morgan fingerprint density at radius 3 is 3.00 bits per heavy atom. The third-order valence-corrected chi connectivity index (χ3v) is 4.33. The zero-order valence-electron chi connectivity index (χ0n) is 12.7. The molecular weight excluding hydrogens is 262 g/mol. The summed E-state index contributed by atoms with van der Waals surface area (Å²) in [5, 5.41) is 2.30. The number of aromatic nitrogens is 1. The minimum atomic E-state index is -0.126. The number of ether oxygens (including phenoxy) is 1. The molecule has 2 heterocycles. The fourth-order valence-electron chi connectivity index (χ4n) is 3.01. The van der Waals surface area contributed by atoms with Gasteiger partial charge in [-0.2, -0.15) is 0 Å². The minimum absolute atomic E-state index is 0.0342. The van der Waals surface area contributed by atoms with Gasteiger partial charge in [-0.1, -0.05) is 18.2 Å². The van der Waals surface area contributed by atoms with Crippen molar-refractivity contribution in [3.63, 3.8) is 0 Å². The van der Waals surface area contributed by atoms with Gasteiger partial charge in [-0.25, -0.2) is 0 Å². The minimum Gasteiger partial charge on any atom is -0.374 e. The van der Waals surface area contributed by atoms with Crippen LogP contribution in [0.2, 0.25) is 0 Å². The molecule has 1 aromatic heterocycles. The lowest BCUT2D eigenvalue weighted by Gasteiger charge is -2.38. The van der Waals surface area contributed by atoms with E-state index in [9.17, 15) is 0 Å². The number of benzene rings is 1. The van der Waals surface area contributed by atoms with Crippen LogP contribution in [0.3, 0.4) is 0 Å². The monoisotopic (exact) mass is 285 g/mol. The van der Waals surface area contributed by atoms with Crippen molar-refractivity contribution in [2.75, 3.05) is 19.7 Å². The maximum Gasteiger partial charge on any atom is 0.0895 e. The van der Waals surface area contributed by atoms with Crippen molar-refractivity contribution >= 4 is 10.8 Å². The average molecular weight is 285 g/mol. The second-order valence-electron chi connectivity index (χ2n) is 5.97. The number of hydrogen-bond acceptors (Lipinski definition) is 4. The summed E-state index contributed by atoms with van der Waals surface area (Å²) in [6, 6.07) is 8.66. The van der Waals surface area contributed by atoms with E-state index in [1.807, 2.05) is 18.5 Å². The SMILES string of the molecule is CC(C)N1CCOC(C(N)c2cccc3ccncc23)C1. The van der Waals surface area contributed by atoms with Crippen LogP contribution in [0.15, 0.2) is 36.7 Å². The number of morpholine rings is 1. The molecule has 0 spiro atoms. The molecule has 21 heavy (non-hydrogen) atoms. The summed E-state index contributed by atoms with van der Waals surface area (Å²) < 4.78 is 5.94. The molecule has 4 nitrogen and oxygen atoms in total. The highest BCUT2D eigenvalue weighted by Gasteiger charge is 2.28. The van der Waals surface area contributed by atoms with Gasteiger partial charge in [0, 0.05) is 36.9 Å². The van der Waals surface area contributed by atoms with E-state index < -0.39 is 0 Å². The van der Waals surface area contributed by atoms with Gasteiger partial charge in [0.15, 0.2) is 0 Å². The van der Waals surface area contributed by atoms with Crippen LogP contribution in [0.1, 0.15) is 25.5 Å². The summed E-state index contributed by atoms with van der Waals surface area (Å²) in [6.45, 7) is 7.05. The van der Waals surface area contributed by atoms with Crippen molar-refractivity contribution in [1.82, 2.24) is 9.88 Å². The molecule has 2 aromatic rings. The molecule has 0 saturated carbocycles. The number of nitrogens with two attached hydrogens (primary N) is 1. The Morgan fingerprint density at radius 1 is 1.33 bits per heavy atom. The molecule has 1 aliphatic rings. The molecule has 1 aliphatic heterocycles. The van der Waals surface area contributed by atoms with Gasteiger partial charge in [0.05, 0.1) is 18.8 Å². The molecule has 0 aliphatic carbocycles. The number of hydrogen-bond donors (Lipinski definition) is 1. The van der Waals surface area contributed by atoms with Crippen LogP contribution in [-0.2, 0) is 4.74 Å². The van der Waals surface area contributed by atoms with E-state index in [2.05, 4.69) is 41.9 Å². The van der Waals surface area contributed by atoms with E-state index in [-0.39, 0.29) is 12.1 Å². The van der Waals surface area contributed by atoms with E-state index in [0.29, 0.717) is 6.04 Å². The maximum atomic E-state index is 6.52. The van der Waals surface area contributed by atoms with Crippen LogP contribution in [0.25, 0.3) is 10.8 Å². The molecule has 3 rings (SSSR count). The molecule has 2 N–H and O–H groups in total. The van der Waals surface area contributed by atoms with Gasteiger partial charge in [-0.3, -0.25) is 9.88 Å². The molecule has 2 unspecified atom stereocenters. The van der Waals surface area contributed by atoms with Crippen LogP contribution in [-0.4, -0.2) is 41.7 Å². The number of pyridine rings is 1. The zero-order valence-corrected chi connectivity index (χ0v) is 12.7. The normalized spacial score (nSPS) is 21.8. The second kappa shape index (κ2) is 6.10. The Bertz CT molecular complexity index is 609. The first-order valence-electron chi connectivity index (χ1n) is 7.60. The van der Waals surface area contributed by atoms with Crippen molar-refractivity contribution in [3.05, 3.63) is 42.2 Å². The number of nitrogens with zero attached hydrogens (tertiary/aromatic N) is 2.